The predicted molar refractivity (Wildman–Crippen MR) is 119 cm³/mol. The van der Waals surface area contributed by atoms with Gasteiger partial charge in [0.05, 0.1) is 17.1 Å². The number of phenols is 1. The summed E-state index contributed by atoms with van der Waals surface area (Å²) in [6, 6.07) is 5.80. The van der Waals surface area contributed by atoms with Crippen LogP contribution in [0.5, 0.6) is 11.5 Å². The van der Waals surface area contributed by atoms with Gasteiger partial charge in [-0.25, -0.2) is 4.79 Å². The summed E-state index contributed by atoms with van der Waals surface area (Å²) < 4.78 is 10.7. The van der Waals surface area contributed by atoms with Crippen LogP contribution >= 0.6 is 0 Å². The lowest BCUT2D eigenvalue weighted by Crippen LogP contribution is -2.44. The van der Waals surface area contributed by atoms with Crippen LogP contribution in [0.15, 0.2) is 56.8 Å². The second kappa shape index (κ2) is 10.6. The highest BCUT2D eigenvalue weighted by Crippen LogP contribution is 2.29. The van der Waals surface area contributed by atoms with Crippen molar-refractivity contribution < 1.29 is 29.6 Å². The largest absolute Gasteiger partial charge is 0.507 e. The van der Waals surface area contributed by atoms with Crippen molar-refractivity contribution >= 4 is 11.0 Å². The van der Waals surface area contributed by atoms with Crippen molar-refractivity contribution in [3.63, 3.8) is 0 Å². The Bertz CT molecular complexity index is 995. The average molecular weight is 433 g/mol. The normalized spacial score (nSPS) is 15.2. The number of fused-ring (bicyclic) bond motifs is 1. The number of hydrogen-bond acceptors (Lipinski definition) is 7. The summed E-state index contributed by atoms with van der Waals surface area (Å²) in [6.45, 7) is 7.09. The van der Waals surface area contributed by atoms with Gasteiger partial charge in [0.1, 0.15) is 29.8 Å². The molecule has 0 saturated carbocycles. The predicted octanol–water partition coefficient (Wildman–Crippen LogP) is 3.43. The first-order valence-electron chi connectivity index (χ1n) is 10.3. The van der Waals surface area contributed by atoms with Gasteiger partial charge in [-0.05, 0) is 59.1 Å². The number of hydrogen-bond donors (Lipinski definition) is 4. The Morgan fingerprint density at radius 3 is 2.55 bits per heavy atom. The minimum Gasteiger partial charge on any atom is -0.507 e. The quantitative estimate of drug-likeness (QED) is 0.335. The van der Waals surface area contributed by atoms with Crippen LogP contribution in [0.1, 0.15) is 47.0 Å². The van der Waals surface area contributed by atoms with Crippen LogP contribution in [-0.4, -0.2) is 44.8 Å². The van der Waals surface area contributed by atoms with Gasteiger partial charge >= 0.3 is 5.63 Å². The monoisotopic (exact) mass is 432 g/mol. The molecular formula is C24H32O7. The first kappa shape index (κ1) is 24.7. The van der Waals surface area contributed by atoms with Gasteiger partial charge < -0.3 is 29.6 Å². The van der Waals surface area contributed by atoms with E-state index in [1.807, 2.05) is 26.0 Å². The van der Waals surface area contributed by atoms with Gasteiger partial charge in [0.25, 0.3) is 0 Å². The number of aliphatic hydroxyl groups is 3. The SMILES string of the molecule is CC(=CCOc1cc(O)c2ccc(=O)oc2c1)CCC=C(C)C[C@@H](O)[C@@H](O)C(C)(C)O. The molecule has 0 unspecified atom stereocenters. The first-order chi connectivity index (χ1) is 14.5. The molecule has 0 aliphatic heterocycles. The van der Waals surface area contributed by atoms with Crippen LogP contribution in [0.25, 0.3) is 11.0 Å². The van der Waals surface area contributed by atoms with Crippen molar-refractivity contribution in [1.82, 2.24) is 0 Å². The maximum absolute atomic E-state index is 11.4. The average Bonchev–Trinajstić information content (AvgIpc) is 2.66. The van der Waals surface area contributed by atoms with E-state index in [-0.39, 0.29) is 11.3 Å². The van der Waals surface area contributed by atoms with Gasteiger partial charge in [0, 0.05) is 18.2 Å². The van der Waals surface area contributed by atoms with Crippen LogP contribution in [0.3, 0.4) is 0 Å². The molecule has 2 aromatic rings. The molecule has 2 rings (SSSR count). The summed E-state index contributed by atoms with van der Waals surface area (Å²) in [4.78, 5) is 11.4. The second-order valence-corrected chi connectivity index (χ2v) is 8.43. The molecule has 0 radical (unpaired) electrons. The fourth-order valence-electron chi connectivity index (χ4n) is 3.14. The first-order valence-corrected chi connectivity index (χ1v) is 10.3. The molecule has 2 atom stereocenters. The molecule has 1 aromatic carbocycles. The zero-order chi connectivity index (χ0) is 23.2. The Kier molecular flexibility index (Phi) is 8.44. The number of aromatic hydroxyl groups is 1. The molecule has 170 valence electrons. The van der Waals surface area contributed by atoms with E-state index in [1.165, 1.54) is 32.0 Å². The second-order valence-electron chi connectivity index (χ2n) is 8.43. The third-order valence-electron chi connectivity index (χ3n) is 5.02. The summed E-state index contributed by atoms with van der Waals surface area (Å²) in [7, 11) is 0. The third kappa shape index (κ3) is 7.54. The topological polar surface area (TPSA) is 120 Å². The lowest BCUT2D eigenvalue weighted by Gasteiger charge is -2.28. The Morgan fingerprint density at radius 1 is 1.16 bits per heavy atom. The van der Waals surface area contributed by atoms with Crippen LogP contribution in [0.4, 0.5) is 0 Å². The molecule has 7 heteroatoms. The van der Waals surface area contributed by atoms with Crippen LogP contribution in [-0.2, 0) is 0 Å². The van der Waals surface area contributed by atoms with E-state index in [4.69, 9.17) is 9.15 Å². The van der Waals surface area contributed by atoms with Gasteiger partial charge in [-0.1, -0.05) is 17.2 Å². The Labute approximate surface area is 181 Å². The molecule has 0 spiro atoms. The molecule has 0 aliphatic rings. The molecule has 4 N–H and O–H groups in total. The molecule has 0 bridgehead atoms. The standard InChI is InChI=1S/C24H32O7/c1-15(6-5-7-16(2)12-20(26)23(28)24(3,4)29)10-11-30-17-13-19(25)18-8-9-22(27)31-21(18)14-17/h7-10,13-14,20,23,25-26,28-29H,5-6,11-12H2,1-4H3/t20-,23-/m1/s1. The van der Waals surface area contributed by atoms with E-state index < -0.39 is 23.4 Å². The number of benzene rings is 1. The van der Waals surface area contributed by atoms with Crippen molar-refractivity contribution in [3.8, 4) is 11.5 Å². The molecule has 7 nitrogen and oxygen atoms in total. The highest BCUT2D eigenvalue weighted by Gasteiger charge is 2.30. The van der Waals surface area contributed by atoms with Gasteiger partial charge in [0.15, 0.2) is 0 Å². The van der Waals surface area contributed by atoms with Gasteiger partial charge in [-0.3, -0.25) is 0 Å². The molecule has 31 heavy (non-hydrogen) atoms. The van der Waals surface area contributed by atoms with E-state index >= 15 is 0 Å². The van der Waals surface area contributed by atoms with Gasteiger partial charge in [-0.2, -0.15) is 0 Å². The third-order valence-corrected chi connectivity index (χ3v) is 5.02. The maximum atomic E-state index is 11.4. The fraction of sp³-hybridized carbons (Fsp3) is 0.458. The van der Waals surface area contributed by atoms with Gasteiger partial charge in [0.2, 0.25) is 0 Å². The van der Waals surface area contributed by atoms with Crippen molar-refractivity contribution in [2.75, 3.05) is 6.61 Å². The molecule has 1 heterocycles. The summed E-state index contributed by atoms with van der Waals surface area (Å²) in [5, 5.41) is 40.2. The van der Waals surface area contributed by atoms with Crippen molar-refractivity contribution in [3.05, 3.63) is 58.0 Å². The maximum Gasteiger partial charge on any atom is 0.336 e. The zero-order valence-corrected chi connectivity index (χ0v) is 18.5. The lowest BCUT2D eigenvalue weighted by atomic mass is 9.93. The highest BCUT2D eigenvalue weighted by molar-refractivity contribution is 5.84. The molecule has 0 fully saturated rings. The molecule has 0 saturated heterocycles. The Hall–Kier alpha value is -2.61. The number of allylic oxidation sites excluding steroid dienone is 2. The highest BCUT2D eigenvalue weighted by atomic mass is 16.5. The molecule has 1 aromatic heterocycles. The van der Waals surface area contributed by atoms with Gasteiger partial charge in [-0.15, -0.1) is 0 Å². The molecular weight excluding hydrogens is 400 g/mol. The van der Waals surface area contributed by atoms with Crippen LogP contribution in [0, 0.1) is 0 Å². The molecule has 0 aliphatic carbocycles. The molecule has 0 amide bonds. The van der Waals surface area contributed by atoms with Crippen molar-refractivity contribution in [2.24, 2.45) is 0 Å². The van der Waals surface area contributed by atoms with Crippen LogP contribution < -0.4 is 10.4 Å². The minimum absolute atomic E-state index is 0.0190. The van der Waals surface area contributed by atoms with Crippen LogP contribution in [0.2, 0.25) is 0 Å². The number of aliphatic hydroxyl groups excluding tert-OH is 2. The lowest BCUT2D eigenvalue weighted by molar-refractivity contribution is -0.105. The Balaban J connectivity index is 1.85. The summed E-state index contributed by atoms with van der Waals surface area (Å²) in [5.74, 6) is 0.382. The zero-order valence-electron chi connectivity index (χ0n) is 18.5. The van der Waals surface area contributed by atoms with Crippen molar-refractivity contribution in [2.45, 2.75) is 64.8 Å². The van der Waals surface area contributed by atoms with E-state index in [1.54, 1.807) is 6.07 Å². The number of phenolic OH excluding ortho intramolecular Hbond substituents is 1. The Morgan fingerprint density at radius 2 is 1.87 bits per heavy atom. The number of rotatable bonds is 10. The smallest absolute Gasteiger partial charge is 0.336 e. The summed E-state index contributed by atoms with van der Waals surface area (Å²) in [5.41, 5.74) is 0.461. The van der Waals surface area contributed by atoms with E-state index in [9.17, 15) is 25.2 Å². The minimum atomic E-state index is -1.35. The van der Waals surface area contributed by atoms with E-state index in [0.29, 0.717) is 24.2 Å². The van der Waals surface area contributed by atoms with Crippen molar-refractivity contribution in [1.29, 1.82) is 0 Å². The fourth-order valence-corrected chi connectivity index (χ4v) is 3.14. The summed E-state index contributed by atoms with van der Waals surface area (Å²) in [6.07, 6.45) is 3.55. The summed E-state index contributed by atoms with van der Waals surface area (Å²) >= 11 is 0. The number of ether oxygens (including phenoxy) is 1. The van der Waals surface area contributed by atoms with E-state index in [0.717, 1.165) is 24.0 Å². The van der Waals surface area contributed by atoms with E-state index in [2.05, 4.69) is 0 Å².